The van der Waals surface area contributed by atoms with Crippen LogP contribution in [0.15, 0.2) is 0 Å². The molecule has 4 amide bonds. The maximum absolute atomic E-state index is 11.8. The highest BCUT2D eigenvalue weighted by Gasteiger charge is 2.18. The molecule has 9 heteroatoms. The minimum absolute atomic E-state index is 0.0590. The zero-order valence-electron chi connectivity index (χ0n) is 11.4. The van der Waals surface area contributed by atoms with E-state index in [2.05, 4.69) is 5.32 Å². The van der Waals surface area contributed by atoms with Crippen LogP contribution in [0, 0.1) is 0 Å². The van der Waals surface area contributed by atoms with Crippen LogP contribution in [0.25, 0.3) is 0 Å². The van der Waals surface area contributed by atoms with Gasteiger partial charge in [0, 0.05) is 26.5 Å². The third-order valence-corrected chi connectivity index (χ3v) is 2.24. The smallest absolute Gasteiger partial charge is 0.237 e. The summed E-state index contributed by atoms with van der Waals surface area (Å²) in [4.78, 5) is 45.6. The minimum atomic E-state index is -0.760. The molecular weight excluding hydrogens is 268 g/mol. The standard InChI is InChI=1S/C11H20N4O5/c1-20-5-4-14-10(18)2-3-11(19)15(6-8(12)16)7-9(13)17/h2-7H2,1H3,(H2,12,16)(H2,13,17)(H,14,18). The van der Waals surface area contributed by atoms with Crippen LogP contribution in [0.2, 0.25) is 0 Å². The van der Waals surface area contributed by atoms with Crippen molar-refractivity contribution >= 4 is 23.6 Å². The van der Waals surface area contributed by atoms with Crippen molar-refractivity contribution in [1.82, 2.24) is 10.2 Å². The molecule has 114 valence electrons. The van der Waals surface area contributed by atoms with Gasteiger partial charge in [-0.25, -0.2) is 0 Å². The Kier molecular flexibility index (Phi) is 8.68. The normalized spacial score (nSPS) is 9.85. The Labute approximate surface area is 116 Å². The summed E-state index contributed by atoms with van der Waals surface area (Å²) in [6.45, 7) is -0.106. The molecule has 0 aliphatic heterocycles. The molecule has 0 radical (unpaired) electrons. The number of nitrogens with zero attached hydrogens (tertiary/aromatic N) is 1. The summed E-state index contributed by atoms with van der Waals surface area (Å²) in [6, 6.07) is 0. The van der Waals surface area contributed by atoms with Crippen molar-refractivity contribution in [3.63, 3.8) is 0 Å². The van der Waals surface area contributed by atoms with Crippen molar-refractivity contribution in [2.24, 2.45) is 11.5 Å². The van der Waals surface area contributed by atoms with E-state index in [1.165, 1.54) is 7.11 Å². The summed E-state index contributed by atoms with van der Waals surface area (Å²) in [7, 11) is 1.50. The van der Waals surface area contributed by atoms with Crippen LogP contribution in [0.1, 0.15) is 12.8 Å². The van der Waals surface area contributed by atoms with Gasteiger partial charge in [0.05, 0.1) is 19.7 Å². The predicted molar refractivity (Wildman–Crippen MR) is 69.1 cm³/mol. The summed E-state index contributed by atoms with van der Waals surface area (Å²) in [5.74, 6) is -2.38. The monoisotopic (exact) mass is 288 g/mol. The Morgan fingerprint density at radius 3 is 2.05 bits per heavy atom. The molecule has 5 N–H and O–H groups in total. The summed E-state index contributed by atoms with van der Waals surface area (Å²) < 4.78 is 4.75. The van der Waals surface area contributed by atoms with Crippen molar-refractivity contribution in [1.29, 1.82) is 0 Å². The topological polar surface area (TPSA) is 145 Å². The van der Waals surface area contributed by atoms with Crippen LogP contribution >= 0.6 is 0 Å². The van der Waals surface area contributed by atoms with Crippen LogP contribution < -0.4 is 16.8 Å². The van der Waals surface area contributed by atoms with Gasteiger partial charge in [-0.15, -0.1) is 0 Å². The molecule has 0 aliphatic carbocycles. The van der Waals surface area contributed by atoms with E-state index in [0.717, 1.165) is 4.90 Å². The molecule has 0 saturated heterocycles. The van der Waals surface area contributed by atoms with Gasteiger partial charge in [-0.1, -0.05) is 0 Å². The van der Waals surface area contributed by atoms with E-state index >= 15 is 0 Å². The van der Waals surface area contributed by atoms with Gasteiger partial charge in [-0.3, -0.25) is 19.2 Å². The van der Waals surface area contributed by atoms with Gasteiger partial charge in [0.15, 0.2) is 0 Å². The molecule has 0 heterocycles. The molecule has 0 atom stereocenters. The number of ether oxygens (including phenoxy) is 1. The lowest BCUT2D eigenvalue weighted by atomic mass is 10.2. The second kappa shape index (κ2) is 9.73. The number of primary amides is 2. The van der Waals surface area contributed by atoms with Gasteiger partial charge in [0.1, 0.15) is 0 Å². The molecular formula is C11H20N4O5. The summed E-state index contributed by atoms with van der Waals surface area (Å²) in [6.07, 6.45) is -0.198. The lowest BCUT2D eigenvalue weighted by Gasteiger charge is -2.19. The molecule has 0 spiro atoms. The molecule has 0 bridgehead atoms. The quantitative estimate of drug-likeness (QED) is 0.375. The number of hydrogen-bond donors (Lipinski definition) is 3. The van der Waals surface area contributed by atoms with E-state index in [1.807, 2.05) is 0 Å². The van der Waals surface area contributed by atoms with Gasteiger partial charge in [0.2, 0.25) is 23.6 Å². The highest BCUT2D eigenvalue weighted by Crippen LogP contribution is 1.98. The first-order chi connectivity index (χ1) is 9.36. The predicted octanol–water partition coefficient (Wildman–Crippen LogP) is -2.67. The molecule has 0 rings (SSSR count). The van der Waals surface area contributed by atoms with E-state index in [9.17, 15) is 19.2 Å². The third-order valence-electron chi connectivity index (χ3n) is 2.24. The zero-order valence-corrected chi connectivity index (χ0v) is 11.4. The minimum Gasteiger partial charge on any atom is -0.383 e. The second-order valence-electron chi connectivity index (χ2n) is 4.03. The molecule has 20 heavy (non-hydrogen) atoms. The Bertz CT molecular complexity index is 356. The van der Waals surface area contributed by atoms with Gasteiger partial charge in [0.25, 0.3) is 0 Å². The number of nitrogens with one attached hydrogen (secondary N) is 1. The number of rotatable bonds is 10. The van der Waals surface area contributed by atoms with Crippen LogP contribution in [-0.2, 0) is 23.9 Å². The van der Waals surface area contributed by atoms with E-state index in [1.54, 1.807) is 0 Å². The first-order valence-electron chi connectivity index (χ1n) is 5.96. The van der Waals surface area contributed by atoms with Gasteiger partial charge >= 0.3 is 0 Å². The number of hydrogen-bond acceptors (Lipinski definition) is 5. The Balaban J connectivity index is 4.21. The lowest BCUT2D eigenvalue weighted by molar-refractivity contribution is -0.138. The van der Waals surface area contributed by atoms with E-state index in [4.69, 9.17) is 16.2 Å². The zero-order chi connectivity index (χ0) is 15.5. The highest BCUT2D eigenvalue weighted by atomic mass is 16.5. The lowest BCUT2D eigenvalue weighted by Crippen LogP contribution is -2.43. The van der Waals surface area contributed by atoms with E-state index in [-0.39, 0.29) is 18.7 Å². The molecule has 0 fully saturated rings. The molecule has 0 aromatic rings. The number of carbonyl (C=O) groups is 4. The fourth-order valence-corrected chi connectivity index (χ4v) is 1.37. The molecule has 0 saturated carbocycles. The average molecular weight is 288 g/mol. The van der Waals surface area contributed by atoms with Gasteiger partial charge in [-0.05, 0) is 0 Å². The summed E-state index contributed by atoms with van der Waals surface area (Å²) in [5.41, 5.74) is 9.93. The average Bonchev–Trinajstić information content (AvgIpc) is 2.34. The Morgan fingerprint density at radius 2 is 1.60 bits per heavy atom. The molecule has 0 aromatic heterocycles. The summed E-state index contributed by atoms with van der Waals surface area (Å²) in [5, 5.41) is 2.54. The number of nitrogens with two attached hydrogens (primary N) is 2. The molecule has 0 unspecified atom stereocenters. The van der Waals surface area contributed by atoms with E-state index < -0.39 is 30.8 Å². The van der Waals surface area contributed by atoms with Crippen molar-refractivity contribution < 1.29 is 23.9 Å². The Hall–Kier alpha value is -2.16. The Morgan fingerprint density at radius 1 is 1.05 bits per heavy atom. The largest absolute Gasteiger partial charge is 0.383 e. The molecule has 0 aromatic carbocycles. The van der Waals surface area contributed by atoms with Gasteiger partial charge < -0.3 is 26.4 Å². The van der Waals surface area contributed by atoms with Gasteiger partial charge in [-0.2, -0.15) is 0 Å². The first kappa shape index (κ1) is 17.8. The molecule has 9 nitrogen and oxygen atoms in total. The maximum Gasteiger partial charge on any atom is 0.237 e. The van der Waals surface area contributed by atoms with E-state index in [0.29, 0.717) is 13.2 Å². The van der Waals surface area contributed by atoms with Crippen molar-refractivity contribution in [2.75, 3.05) is 33.4 Å². The fraction of sp³-hybridized carbons (Fsp3) is 0.636. The maximum atomic E-state index is 11.8. The number of amides is 4. The fourth-order valence-electron chi connectivity index (χ4n) is 1.37. The van der Waals surface area contributed by atoms with Crippen molar-refractivity contribution in [2.45, 2.75) is 12.8 Å². The second-order valence-corrected chi connectivity index (χ2v) is 4.03. The third kappa shape index (κ3) is 8.86. The molecule has 0 aliphatic rings. The first-order valence-corrected chi connectivity index (χ1v) is 5.96. The van der Waals surface area contributed by atoms with Crippen molar-refractivity contribution in [3.05, 3.63) is 0 Å². The van der Waals surface area contributed by atoms with Crippen LogP contribution in [0.5, 0.6) is 0 Å². The van der Waals surface area contributed by atoms with Crippen molar-refractivity contribution in [3.8, 4) is 0 Å². The summed E-state index contributed by atoms with van der Waals surface area (Å²) >= 11 is 0. The number of methoxy groups -OCH3 is 1. The van der Waals surface area contributed by atoms with Crippen LogP contribution in [-0.4, -0.2) is 61.9 Å². The highest BCUT2D eigenvalue weighted by molar-refractivity contribution is 5.89. The van der Waals surface area contributed by atoms with Crippen LogP contribution in [0.4, 0.5) is 0 Å². The number of carbonyl (C=O) groups excluding carboxylic acids is 4. The van der Waals surface area contributed by atoms with Crippen LogP contribution in [0.3, 0.4) is 0 Å². The SMILES string of the molecule is COCCNC(=O)CCC(=O)N(CC(N)=O)CC(N)=O.